The highest BCUT2D eigenvalue weighted by atomic mass is 79.9. The Morgan fingerprint density at radius 1 is 1.43 bits per heavy atom. The van der Waals surface area contributed by atoms with Crippen LogP contribution < -0.4 is 10.0 Å². The topological polar surface area (TPSA) is 86.9 Å². The third kappa shape index (κ3) is 3.91. The highest BCUT2D eigenvalue weighted by Gasteiger charge is 2.22. The van der Waals surface area contributed by atoms with Crippen LogP contribution in [0.4, 0.5) is 0 Å². The van der Waals surface area contributed by atoms with Gasteiger partial charge in [0.05, 0.1) is 10.9 Å². The van der Waals surface area contributed by atoms with E-state index in [1.165, 1.54) is 0 Å². The SMILES string of the molecule is CNCc1ccc(Br)c(S(=O)(=O)NC(C)c2ncc[nH]2)c1. The monoisotopic (exact) mass is 372 g/mol. The van der Waals surface area contributed by atoms with Gasteiger partial charge in [-0.1, -0.05) is 6.07 Å². The van der Waals surface area contributed by atoms with Crippen LogP contribution in [0.3, 0.4) is 0 Å². The molecule has 0 spiro atoms. The van der Waals surface area contributed by atoms with E-state index in [9.17, 15) is 8.42 Å². The number of nitrogens with zero attached hydrogens (tertiary/aromatic N) is 1. The molecule has 2 aromatic rings. The number of nitrogens with one attached hydrogen (secondary N) is 3. The van der Waals surface area contributed by atoms with Crippen LogP contribution in [0.1, 0.15) is 24.4 Å². The Kier molecular flexibility index (Phi) is 5.15. The Morgan fingerprint density at radius 2 is 2.19 bits per heavy atom. The molecule has 0 fully saturated rings. The summed E-state index contributed by atoms with van der Waals surface area (Å²) in [4.78, 5) is 7.17. The first-order valence-corrected chi connectivity index (χ1v) is 8.66. The van der Waals surface area contributed by atoms with Crippen LogP contribution in [0.25, 0.3) is 0 Å². The molecule has 0 radical (unpaired) electrons. The predicted molar refractivity (Wildman–Crippen MR) is 84.2 cm³/mol. The minimum Gasteiger partial charge on any atom is -0.347 e. The molecule has 3 N–H and O–H groups in total. The van der Waals surface area contributed by atoms with E-state index >= 15 is 0 Å². The molecule has 1 aromatic heterocycles. The normalized spacial score (nSPS) is 13.3. The van der Waals surface area contributed by atoms with Gasteiger partial charge in [0.1, 0.15) is 5.82 Å². The highest BCUT2D eigenvalue weighted by molar-refractivity contribution is 9.10. The summed E-state index contributed by atoms with van der Waals surface area (Å²) in [6, 6.07) is 4.82. The zero-order valence-electron chi connectivity index (χ0n) is 11.7. The minimum absolute atomic E-state index is 0.216. The molecule has 0 saturated heterocycles. The predicted octanol–water partition coefficient (Wildman–Crippen LogP) is 1.93. The van der Waals surface area contributed by atoms with Crippen LogP contribution >= 0.6 is 15.9 Å². The van der Waals surface area contributed by atoms with Crippen LogP contribution in [0, 0.1) is 0 Å². The van der Waals surface area contributed by atoms with Gasteiger partial charge in [-0.15, -0.1) is 0 Å². The van der Waals surface area contributed by atoms with Crippen molar-refractivity contribution in [1.82, 2.24) is 20.0 Å². The van der Waals surface area contributed by atoms with E-state index in [0.717, 1.165) is 5.56 Å². The summed E-state index contributed by atoms with van der Waals surface area (Å²) in [6.07, 6.45) is 3.24. The van der Waals surface area contributed by atoms with E-state index in [1.807, 2.05) is 13.1 Å². The Morgan fingerprint density at radius 3 is 2.81 bits per heavy atom. The molecule has 0 amide bonds. The lowest BCUT2D eigenvalue weighted by Gasteiger charge is -2.14. The molecule has 6 nitrogen and oxygen atoms in total. The molecule has 0 aliphatic carbocycles. The lowest BCUT2D eigenvalue weighted by molar-refractivity contribution is 0.560. The molecule has 21 heavy (non-hydrogen) atoms. The second-order valence-electron chi connectivity index (χ2n) is 4.61. The molecular weight excluding hydrogens is 356 g/mol. The molecule has 1 heterocycles. The second kappa shape index (κ2) is 6.69. The summed E-state index contributed by atoms with van der Waals surface area (Å²) in [5.41, 5.74) is 0.895. The number of sulfonamides is 1. The standard InChI is InChI=1S/C13H17BrN4O2S/c1-9(13-16-5-6-17-13)18-21(19,20)12-7-10(8-15-2)3-4-11(12)14/h3-7,9,15,18H,8H2,1-2H3,(H,16,17). The summed E-state index contributed by atoms with van der Waals surface area (Å²) >= 11 is 3.29. The number of rotatable bonds is 6. The molecule has 1 atom stereocenters. The smallest absolute Gasteiger partial charge is 0.242 e. The van der Waals surface area contributed by atoms with Gasteiger partial charge >= 0.3 is 0 Å². The van der Waals surface area contributed by atoms with E-state index < -0.39 is 16.1 Å². The molecule has 0 aliphatic heterocycles. The Balaban J connectivity index is 2.28. The van der Waals surface area contributed by atoms with Crippen molar-refractivity contribution in [3.63, 3.8) is 0 Å². The number of hydrogen-bond acceptors (Lipinski definition) is 4. The van der Waals surface area contributed by atoms with Gasteiger partial charge in [-0.05, 0) is 47.6 Å². The number of imidazole rings is 1. The number of halogens is 1. The molecule has 8 heteroatoms. The summed E-state index contributed by atoms with van der Waals surface area (Å²) in [5, 5.41) is 3.00. The minimum atomic E-state index is -3.64. The van der Waals surface area contributed by atoms with Crippen LogP contribution in [0.2, 0.25) is 0 Å². The van der Waals surface area contributed by atoms with Gasteiger partial charge in [0, 0.05) is 23.4 Å². The van der Waals surface area contributed by atoms with E-state index in [0.29, 0.717) is 16.8 Å². The zero-order valence-corrected chi connectivity index (χ0v) is 14.1. The first-order chi connectivity index (χ1) is 9.94. The average molecular weight is 373 g/mol. The second-order valence-corrected chi connectivity index (χ2v) is 7.15. The third-order valence-corrected chi connectivity index (χ3v) is 5.46. The van der Waals surface area contributed by atoms with Crippen LogP contribution in [-0.2, 0) is 16.6 Å². The van der Waals surface area contributed by atoms with Gasteiger partial charge in [0.2, 0.25) is 10.0 Å². The number of aromatic nitrogens is 2. The number of aromatic amines is 1. The fourth-order valence-electron chi connectivity index (χ4n) is 1.93. The molecular formula is C13H17BrN4O2S. The van der Waals surface area contributed by atoms with E-state index in [2.05, 4.69) is 35.9 Å². The summed E-state index contributed by atoms with van der Waals surface area (Å²) in [5.74, 6) is 0.570. The van der Waals surface area contributed by atoms with E-state index in [4.69, 9.17) is 0 Å². The maximum absolute atomic E-state index is 12.5. The largest absolute Gasteiger partial charge is 0.347 e. The molecule has 1 aromatic carbocycles. The van der Waals surface area contributed by atoms with E-state index in [-0.39, 0.29) is 4.90 Å². The van der Waals surface area contributed by atoms with Gasteiger partial charge < -0.3 is 10.3 Å². The van der Waals surface area contributed by atoms with Crippen molar-refractivity contribution in [2.75, 3.05) is 7.05 Å². The summed E-state index contributed by atoms with van der Waals surface area (Å²) in [6.45, 7) is 2.34. The van der Waals surface area contributed by atoms with Gasteiger partial charge in [-0.25, -0.2) is 18.1 Å². The van der Waals surface area contributed by atoms with Crippen molar-refractivity contribution in [1.29, 1.82) is 0 Å². The average Bonchev–Trinajstić information content (AvgIpc) is 2.94. The fraction of sp³-hybridized carbons (Fsp3) is 0.308. The molecule has 2 rings (SSSR count). The van der Waals surface area contributed by atoms with Crippen LogP contribution in [0.5, 0.6) is 0 Å². The van der Waals surface area contributed by atoms with Crippen molar-refractivity contribution in [2.24, 2.45) is 0 Å². The molecule has 0 bridgehead atoms. The fourth-order valence-corrected chi connectivity index (χ4v) is 4.16. The Labute approximate surface area is 132 Å². The van der Waals surface area contributed by atoms with Gasteiger partial charge in [0.25, 0.3) is 0 Å². The van der Waals surface area contributed by atoms with E-state index in [1.54, 1.807) is 31.5 Å². The molecule has 0 aliphatic rings. The first kappa shape index (κ1) is 16.2. The van der Waals surface area contributed by atoms with Gasteiger partial charge in [-0.2, -0.15) is 0 Å². The summed E-state index contributed by atoms with van der Waals surface area (Å²) < 4.78 is 28.2. The Hall–Kier alpha value is -1.22. The maximum atomic E-state index is 12.5. The molecule has 0 saturated carbocycles. The van der Waals surface area contributed by atoms with Crippen LogP contribution in [0.15, 0.2) is 40.0 Å². The first-order valence-electron chi connectivity index (χ1n) is 6.38. The highest BCUT2D eigenvalue weighted by Crippen LogP contribution is 2.24. The lowest BCUT2D eigenvalue weighted by atomic mass is 10.2. The van der Waals surface area contributed by atoms with Gasteiger partial charge in [-0.3, -0.25) is 0 Å². The maximum Gasteiger partial charge on any atom is 0.242 e. The van der Waals surface area contributed by atoms with Crippen molar-refractivity contribution in [2.45, 2.75) is 24.4 Å². The van der Waals surface area contributed by atoms with Gasteiger partial charge in [0.15, 0.2) is 0 Å². The van der Waals surface area contributed by atoms with Crippen LogP contribution in [-0.4, -0.2) is 25.4 Å². The zero-order chi connectivity index (χ0) is 15.5. The van der Waals surface area contributed by atoms with Crippen molar-refractivity contribution < 1.29 is 8.42 Å². The third-order valence-electron chi connectivity index (χ3n) is 2.93. The van der Waals surface area contributed by atoms with Crippen molar-refractivity contribution in [3.8, 4) is 0 Å². The number of hydrogen-bond donors (Lipinski definition) is 3. The number of benzene rings is 1. The van der Waals surface area contributed by atoms with Crippen molar-refractivity contribution in [3.05, 3.63) is 46.5 Å². The quantitative estimate of drug-likeness (QED) is 0.722. The number of H-pyrrole nitrogens is 1. The molecule has 1 unspecified atom stereocenters. The summed E-state index contributed by atoms with van der Waals surface area (Å²) in [7, 11) is -1.83. The molecule has 114 valence electrons. The lowest BCUT2D eigenvalue weighted by Crippen LogP contribution is -2.28. The van der Waals surface area contributed by atoms with Crippen molar-refractivity contribution >= 4 is 26.0 Å². The Bertz CT molecular complexity index is 701.